The van der Waals surface area contributed by atoms with Crippen LogP contribution in [0.1, 0.15) is 81.1 Å². The summed E-state index contributed by atoms with van der Waals surface area (Å²) in [6, 6.07) is -0.552. The van der Waals surface area contributed by atoms with Gasteiger partial charge in [0.25, 0.3) is 0 Å². The first kappa shape index (κ1) is 37.7. The molecule has 3 unspecified atom stereocenters. The molecule has 12 heteroatoms. The van der Waals surface area contributed by atoms with Crippen LogP contribution in [0.2, 0.25) is 0 Å². The van der Waals surface area contributed by atoms with Gasteiger partial charge >= 0.3 is 23.9 Å². The van der Waals surface area contributed by atoms with E-state index >= 15 is 0 Å². The molecule has 0 radical (unpaired) electrons. The second-order valence-corrected chi connectivity index (χ2v) is 13.8. The van der Waals surface area contributed by atoms with E-state index in [1.165, 1.54) is 14.2 Å². The number of cyclic esters (lactones) is 2. The molecule has 0 spiro atoms. The quantitative estimate of drug-likeness (QED) is 0.0560. The number of halogens is 1. The molecule has 0 bridgehead atoms. The number of rotatable bonds is 13. The Morgan fingerprint density at radius 2 is 1.24 bits per heavy atom. The van der Waals surface area contributed by atoms with E-state index in [0.717, 1.165) is 6.42 Å². The number of hydrogen-bond acceptors (Lipinski definition) is 9. The van der Waals surface area contributed by atoms with Crippen molar-refractivity contribution in [1.82, 2.24) is 0 Å². The number of nitrogens with zero attached hydrogens (tertiary/aromatic N) is 3. The minimum Gasteiger partial charge on any atom is -0.469 e. The first-order valence-electron chi connectivity index (χ1n) is 14.8. The van der Waals surface area contributed by atoms with Gasteiger partial charge in [0, 0.05) is 4.91 Å². The molecule has 2 fully saturated rings. The highest BCUT2D eigenvalue weighted by atomic mass is 79.9. The van der Waals surface area contributed by atoms with Gasteiger partial charge in [0.05, 0.1) is 48.8 Å². The molecule has 42 heavy (non-hydrogen) atoms. The van der Waals surface area contributed by atoms with Gasteiger partial charge in [0.15, 0.2) is 0 Å². The fourth-order valence-corrected chi connectivity index (χ4v) is 6.11. The highest BCUT2D eigenvalue weighted by molar-refractivity contribution is 9.09. The van der Waals surface area contributed by atoms with Crippen molar-refractivity contribution >= 4 is 39.8 Å². The van der Waals surface area contributed by atoms with Crippen molar-refractivity contribution in [2.45, 2.75) is 104 Å². The average molecular weight is 661 g/mol. The van der Waals surface area contributed by atoms with Crippen LogP contribution in [0, 0.1) is 47.3 Å². The Bertz CT molecular complexity index is 966. The van der Waals surface area contributed by atoms with Crippen LogP contribution in [-0.2, 0) is 38.1 Å². The molecule has 8 atom stereocenters. The van der Waals surface area contributed by atoms with Crippen molar-refractivity contribution in [1.29, 1.82) is 0 Å². The number of esters is 4. The van der Waals surface area contributed by atoms with Gasteiger partial charge in [-0.1, -0.05) is 76.4 Å². The second-order valence-electron chi connectivity index (χ2n) is 12.6. The maximum Gasteiger partial charge on any atom is 0.309 e. The van der Waals surface area contributed by atoms with Gasteiger partial charge < -0.3 is 18.9 Å². The lowest BCUT2D eigenvalue weighted by Crippen LogP contribution is -2.32. The smallest absolute Gasteiger partial charge is 0.309 e. The predicted molar refractivity (Wildman–Crippen MR) is 161 cm³/mol. The Morgan fingerprint density at radius 3 is 1.60 bits per heavy atom. The number of carbonyl (C=O) groups is 4. The molecule has 240 valence electrons. The third-order valence-corrected chi connectivity index (χ3v) is 9.31. The number of methoxy groups -OCH3 is 2. The van der Waals surface area contributed by atoms with Crippen LogP contribution in [0.15, 0.2) is 5.11 Å². The maximum atomic E-state index is 11.9. The van der Waals surface area contributed by atoms with E-state index in [0.29, 0.717) is 19.3 Å². The first-order valence-corrected chi connectivity index (χ1v) is 15.8. The van der Waals surface area contributed by atoms with Gasteiger partial charge in [-0.05, 0) is 54.9 Å². The molecule has 11 nitrogen and oxygen atoms in total. The molecule has 0 aromatic heterocycles. The summed E-state index contributed by atoms with van der Waals surface area (Å²) < 4.78 is 20.5. The van der Waals surface area contributed by atoms with Crippen LogP contribution < -0.4 is 0 Å². The molecule has 0 aromatic carbocycles. The lowest BCUT2D eigenvalue weighted by Gasteiger charge is -2.24. The molecule has 0 saturated carbocycles. The number of hydrogen-bond donors (Lipinski definition) is 0. The molecular weight excluding hydrogens is 610 g/mol. The summed E-state index contributed by atoms with van der Waals surface area (Å²) in [5.74, 6) is -0.995. The van der Waals surface area contributed by atoms with E-state index in [4.69, 9.17) is 24.5 Å². The highest BCUT2D eigenvalue weighted by Crippen LogP contribution is 2.35. The van der Waals surface area contributed by atoms with Crippen molar-refractivity contribution in [2.75, 3.05) is 14.2 Å². The van der Waals surface area contributed by atoms with E-state index in [9.17, 15) is 19.2 Å². The van der Waals surface area contributed by atoms with Crippen LogP contribution in [0.3, 0.4) is 0 Å². The molecule has 0 aromatic rings. The monoisotopic (exact) mass is 659 g/mol. The van der Waals surface area contributed by atoms with Gasteiger partial charge in [-0.3, -0.25) is 19.2 Å². The molecule has 2 rings (SSSR count). The predicted octanol–water partition coefficient (Wildman–Crippen LogP) is 6.26. The summed E-state index contributed by atoms with van der Waals surface area (Å²) in [4.78, 5) is 50.2. The molecule has 2 aliphatic rings. The van der Waals surface area contributed by atoms with Crippen molar-refractivity contribution < 1.29 is 38.1 Å². The lowest BCUT2D eigenvalue weighted by molar-refractivity contribution is -0.149. The SMILES string of the molecule is COC(=O)[C@@H](CC(Br)[C@@H]1CC(C(C)C)C(=O)O1)C(C)C.COC(=O)[C@@H](C[C@H](N=[N+]=[N-])[C@@H]1CC(C(C)C)C(=O)O1)C(C)C. The van der Waals surface area contributed by atoms with Crippen LogP contribution in [0.25, 0.3) is 10.4 Å². The minimum absolute atomic E-state index is 0.0123. The Hall–Kier alpha value is -2.33. The Morgan fingerprint density at radius 1 is 0.833 bits per heavy atom. The zero-order valence-electron chi connectivity index (χ0n) is 26.7. The van der Waals surface area contributed by atoms with Gasteiger partial charge in [0.1, 0.15) is 12.2 Å². The van der Waals surface area contributed by atoms with Crippen molar-refractivity contribution in [3.63, 3.8) is 0 Å². The molecular formula is C30H50BrN3O8. The summed E-state index contributed by atoms with van der Waals surface area (Å²) in [5.41, 5.74) is 8.79. The number of ether oxygens (including phenoxy) is 4. The maximum absolute atomic E-state index is 11.9. The normalized spacial score (nSPS) is 24.7. The van der Waals surface area contributed by atoms with E-state index in [1.54, 1.807) is 0 Å². The van der Waals surface area contributed by atoms with E-state index in [1.807, 2.05) is 55.4 Å². The lowest BCUT2D eigenvalue weighted by atomic mass is 9.85. The zero-order chi connectivity index (χ0) is 32.3. The van der Waals surface area contributed by atoms with Crippen molar-refractivity contribution in [2.24, 2.45) is 52.5 Å². The topological polar surface area (TPSA) is 154 Å². The molecule has 2 aliphatic heterocycles. The Labute approximate surface area is 258 Å². The molecule has 0 aliphatic carbocycles. The molecule has 2 saturated heterocycles. The van der Waals surface area contributed by atoms with Crippen molar-refractivity contribution in [3.05, 3.63) is 10.4 Å². The fraction of sp³-hybridized carbons (Fsp3) is 0.867. The van der Waals surface area contributed by atoms with E-state index in [-0.39, 0.29) is 76.2 Å². The Kier molecular flexibility index (Phi) is 15.9. The fourth-order valence-electron chi connectivity index (χ4n) is 5.39. The van der Waals surface area contributed by atoms with E-state index < -0.39 is 18.1 Å². The molecule has 0 N–H and O–H groups in total. The van der Waals surface area contributed by atoms with Crippen LogP contribution in [-0.4, -0.2) is 61.2 Å². The van der Waals surface area contributed by atoms with Gasteiger partial charge in [-0.25, -0.2) is 0 Å². The molecule has 0 amide bonds. The summed E-state index contributed by atoms with van der Waals surface area (Å²) in [6.45, 7) is 15.8. The number of carbonyl (C=O) groups excluding carboxylic acids is 4. The summed E-state index contributed by atoms with van der Waals surface area (Å²) in [7, 11) is 2.75. The van der Waals surface area contributed by atoms with Crippen LogP contribution in [0.4, 0.5) is 0 Å². The minimum atomic E-state index is -0.552. The average Bonchev–Trinajstić information content (AvgIpc) is 3.51. The summed E-state index contributed by atoms with van der Waals surface area (Å²) >= 11 is 3.59. The number of azide groups is 1. The zero-order valence-corrected chi connectivity index (χ0v) is 28.3. The van der Waals surface area contributed by atoms with Crippen LogP contribution >= 0.6 is 15.9 Å². The summed E-state index contributed by atoms with van der Waals surface area (Å²) in [5, 5.41) is 3.77. The van der Waals surface area contributed by atoms with Crippen molar-refractivity contribution in [3.8, 4) is 0 Å². The number of alkyl halides is 1. The third-order valence-electron chi connectivity index (χ3n) is 8.35. The second kappa shape index (κ2) is 17.7. The van der Waals surface area contributed by atoms with Gasteiger partial charge in [-0.15, -0.1) is 0 Å². The first-order chi connectivity index (χ1) is 19.6. The Balaban J connectivity index is 0.000000422. The highest BCUT2D eigenvalue weighted by Gasteiger charge is 2.42. The largest absolute Gasteiger partial charge is 0.469 e. The summed E-state index contributed by atoms with van der Waals surface area (Å²) in [6.07, 6.45) is 1.55. The standard InChI is InChI=1S/C15H25BrO4.C15H25N3O4/c1-8(2)10(14(17)19-5)6-12(16)13-7-11(9(3)4)15(18)20-13;1-8(2)10(14(19)21-5)6-12(17-18-16)13-7-11(9(3)4)15(20)22-13/h8-13H,6-7H2,1-5H3;8-13H,6-7H2,1-5H3/t10-,11?,12?,13-;10-,11?,12-,13-/m00/s1. The van der Waals surface area contributed by atoms with Crippen LogP contribution in [0.5, 0.6) is 0 Å². The van der Waals surface area contributed by atoms with E-state index in [2.05, 4.69) is 26.0 Å². The molecule has 2 heterocycles. The third kappa shape index (κ3) is 10.7. The van der Waals surface area contributed by atoms with Gasteiger partial charge in [-0.2, -0.15) is 0 Å². The van der Waals surface area contributed by atoms with Gasteiger partial charge in [0.2, 0.25) is 0 Å².